The fourth-order valence-electron chi connectivity index (χ4n) is 1.81. The maximum Gasteiger partial charge on any atom is 0.303 e. The van der Waals surface area contributed by atoms with Crippen molar-refractivity contribution in [1.82, 2.24) is 0 Å². The number of aliphatic hydroxyl groups excluding tert-OH is 1. The first-order valence-electron chi connectivity index (χ1n) is 8.00. The summed E-state index contributed by atoms with van der Waals surface area (Å²) in [6.45, 7) is 1.91. The van der Waals surface area contributed by atoms with Crippen LogP contribution in [-0.2, 0) is 9.59 Å². The van der Waals surface area contributed by atoms with Gasteiger partial charge in [-0.1, -0.05) is 56.6 Å². The van der Waals surface area contributed by atoms with Gasteiger partial charge in [0.05, 0.1) is 6.10 Å². The molecule has 0 radical (unpaired) electrons. The Labute approximate surface area is 133 Å². The minimum atomic E-state index is -0.743. The molecule has 0 unspecified atom stereocenters. The third-order valence-electron chi connectivity index (χ3n) is 3.18. The normalized spacial score (nSPS) is 13.4. The number of hydrogen-bond acceptors (Lipinski definition) is 3. The van der Waals surface area contributed by atoms with Crippen LogP contribution in [0.3, 0.4) is 0 Å². The minimum Gasteiger partial charge on any atom is -0.481 e. The smallest absolute Gasteiger partial charge is 0.303 e. The van der Waals surface area contributed by atoms with E-state index in [1.54, 1.807) is 36.5 Å². The van der Waals surface area contributed by atoms with Gasteiger partial charge in [0.25, 0.3) is 0 Å². The van der Waals surface area contributed by atoms with Gasteiger partial charge in [-0.3, -0.25) is 9.59 Å². The summed E-state index contributed by atoms with van der Waals surface area (Å²) >= 11 is 0. The van der Waals surface area contributed by atoms with Crippen molar-refractivity contribution < 1.29 is 19.8 Å². The van der Waals surface area contributed by atoms with E-state index in [0.29, 0.717) is 19.3 Å². The van der Waals surface area contributed by atoms with Gasteiger partial charge in [0, 0.05) is 12.8 Å². The number of ketones is 1. The standard InChI is InChI=1S/C18H28O4/c1-2-16(19)12-8-6-7-10-14-17(20)13-9-4-3-5-11-15-18(21)22/h6-8,10,12,14,16,19H,2-5,9,11,13,15H2,1H3,(H,21,22)/b7-6+,12-8+,14-10+/t16-/m0/s1. The maximum atomic E-state index is 11.6. The van der Waals surface area contributed by atoms with Crippen LogP contribution in [0.25, 0.3) is 0 Å². The predicted octanol–water partition coefficient (Wildman–Crippen LogP) is 3.81. The van der Waals surface area contributed by atoms with Gasteiger partial charge < -0.3 is 10.2 Å². The Hall–Kier alpha value is -1.68. The van der Waals surface area contributed by atoms with Gasteiger partial charge in [0.2, 0.25) is 0 Å². The monoisotopic (exact) mass is 308 g/mol. The second-order valence-electron chi connectivity index (χ2n) is 5.23. The van der Waals surface area contributed by atoms with Crippen molar-refractivity contribution in [2.45, 2.75) is 64.4 Å². The summed E-state index contributed by atoms with van der Waals surface area (Å²) in [5.41, 5.74) is 0. The highest BCUT2D eigenvalue weighted by molar-refractivity contribution is 5.89. The Balaban J connectivity index is 3.60. The van der Waals surface area contributed by atoms with Crippen LogP contribution in [0.2, 0.25) is 0 Å². The van der Waals surface area contributed by atoms with E-state index in [1.165, 1.54) is 0 Å². The summed E-state index contributed by atoms with van der Waals surface area (Å²) in [6.07, 6.45) is 15.8. The highest BCUT2D eigenvalue weighted by Gasteiger charge is 1.98. The molecule has 0 aromatic carbocycles. The molecule has 4 nitrogen and oxygen atoms in total. The molecule has 22 heavy (non-hydrogen) atoms. The van der Waals surface area contributed by atoms with E-state index in [-0.39, 0.29) is 12.2 Å². The summed E-state index contributed by atoms with van der Waals surface area (Å²) in [4.78, 5) is 21.9. The van der Waals surface area contributed by atoms with Crippen LogP contribution in [0.1, 0.15) is 58.3 Å². The van der Waals surface area contributed by atoms with E-state index in [0.717, 1.165) is 25.7 Å². The van der Waals surface area contributed by atoms with Gasteiger partial charge in [-0.2, -0.15) is 0 Å². The van der Waals surface area contributed by atoms with Crippen molar-refractivity contribution in [1.29, 1.82) is 0 Å². The zero-order valence-corrected chi connectivity index (χ0v) is 13.4. The van der Waals surface area contributed by atoms with E-state index < -0.39 is 12.1 Å². The van der Waals surface area contributed by atoms with E-state index in [4.69, 9.17) is 5.11 Å². The molecule has 2 N–H and O–H groups in total. The summed E-state index contributed by atoms with van der Waals surface area (Å²) in [7, 11) is 0. The molecule has 4 heteroatoms. The van der Waals surface area contributed by atoms with E-state index in [1.807, 2.05) is 6.92 Å². The molecule has 0 saturated carbocycles. The first kappa shape index (κ1) is 20.3. The van der Waals surface area contributed by atoms with Crippen molar-refractivity contribution in [3.05, 3.63) is 36.5 Å². The maximum absolute atomic E-state index is 11.6. The number of aliphatic carboxylic acids is 1. The fraction of sp³-hybridized carbons (Fsp3) is 0.556. The van der Waals surface area contributed by atoms with E-state index >= 15 is 0 Å². The molecule has 0 saturated heterocycles. The first-order chi connectivity index (χ1) is 10.6. The highest BCUT2D eigenvalue weighted by atomic mass is 16.4. The largest absolute Gasteiger partial charge is 0.481 e. The number of unbranched alkanes of at least 4 members (excludes halogenated alkanes) is 4. The predicted molar refractivity (Wildman–Crippen MR) is 88.7 cm³/mol. The van der Waals surface area contributed by atoms with Crippen LogP contribution in [-0.4, -0.2) is 28.1 Å². The SMILES string of the molecule is CC[C@H](O)/C=C/C=C/C=C/C(=O)CCCCCCCC(=O)O. The molecule has 0 aromatic rings. The number of carboxylic acids is 1. The molecule has 0 aliphatic heterocycles. The Morgan fingerprint density at radius 2 is 1.50 bits per heavy atom. The molecule has 124 valence electrons. The second-order valence-corrected chi connectivity index (χ2v) is 5.23. The van der Waals surface area contributed by atoms with Crippen LogP contribution >= 0.6 is 0 Å². The first-order valence-corrected chi connectivity index (χ1v) is 8.00. The Kier molecular flexibility index (Phi) is 13.2. The molecule has 1 atom stereocenters. The van der Waals surface area contributed by atoms with Crippen molar-refractivity contribution in [2.75, 3.05) is 0 Å². The quantitative estimate of drug-likeness (QED) is 0.308. The molecule has 0 heterocycles. The van der Waals surface area contributed by atoms with Gasteiger partial charge in [-0.15, -0.1) is 0 Å². The number of rotatable bonds is 13. The number of allylic oxidation sites excluding steroid dienone is 5. The van der Waals surface area contributed by atoms with Crippen LogP contribution in [0.4, 0.5) is 0 Å². The van der Waals surface area contributed by atoms with Crippen LogP contribution in [0.5, 0.6) is 0 Å². The average Bonchev–Trinajstić information content (AvgIpc) is 2.49. The molecule has 0 aromatic heterocycles. The van der Waals surface area contributed by atoms with E-state index in [9.17, 15) is 14.7 Å². The third-order valence-corrected chi connectivity index (χ3v) is 3.18. The zero-order valence-electron chi connectivity index (χ0n) is 13.4. The Bertz CT molecular complexity index is 394. The second kappa shape index (κ2) is 14.3. The van der Waals surface area contributed by atoms with Crippen LogP contribution < -0.4 is 0 Å². The molecule has 0 fully saturated rings. The topological polar surface area (TPSA) is 74.6 Å². The molecular formula is C18H28O4. The number of carboxylic acid groups (broad SMARTS) is 1. The van der Waals surface area contributed by atoms with Gasteiger partial charge in [0.15, 0.2) is 5.78 Å². The third kappa shape index (κ3) is 14.7. The lowest BCUT2D eigenvalue weighted by molar-refractivity contribution is -0.137. The molecular weight excluding hydrogens is 280 g/mol. The lowest BCUT2D eigenvalue weighted by atomic mass is 10.1. The van der Waals surface area contributed by atoms with E-state index in [2.05, 4.69) is 0 Å². The Morgan fingerprint density at radius 1 is 0.909 bits per heavy atom. The summed E-state index contributed by atoms with van der Waals surface area (Å²) in [5.74, 6) is -0.639. The highest BCUT2D eigenvalue weighted by Crippen LogP contribution is 2.07. The number of carbonyl (C=O) groups excluding carboxylic acids is 1. The molecule has 0 amide bonds. The molecule has 0 rings (SSSR count). The van der Waals surface area contributed by atoms with Gasteiger partial charge in [-0.25, -0.2) is 0 Å². The van der Waals surface area contributed by atoms with Crippen LogP contribution in [0, 0.1) is 0 Å². The van der Waals surface area contributed by atoms with Crippen molar-refractivity contribution in [3.8, 4) is 0 Å². The molecule has 0 aliphatic carbocycles. The van der Waals surface area contributed by atoms with Gasteiger partial charge in [0.1, 0.15) is 0 Å². The summed E-state index contributed by atoms with van der Waals surface area (Å²) in [6, 6.07) is 0. The molecule has 0 aliphatic rings. The van der Waals surface area contributed by atoms with Crippen molar-refractivity contribution in [3.63, 3.8) is 0 Å². The number of carbonyl (C=O) groups is 2. The lowest BCUT2D eigenvalue weighted by Gasteiger charge is -1.98. The average molecular weight is 308 g/mol. The van der Waals surface area contributed by atoms with Gasteiger partial charge >= 0.3 is 5.97 Å². The zero-order chi connectivity index (χ0) is 16.6. The fourth-order valence-corrected chi connectivity index (χ4v) is 1.81. The summed E-state index contributed by atoms with van der Waals surface area (Å²) < 4.78 is 0. The molecule has 0 spiro atoms. The summed E-state index contributed by atoms with van der Waals surface area (Å²) in [5, 5.41) is 17.8. The molecule has 0 bridgehead atoms. The van der Waals surface area contributed by atoms with Gasteiger partial charge in [-0.05, 0) is 25.3 Å². The van der Waals surface area contributed by atoms with Crippen molar-refractivity contribution >= 4 is 11.8 Å². The number of aliphatic hydroxyl groups is 1. The number of hydrogen-bond donors (Lipinski definition) is 2. The van der Waals surface area contributed by atoms with Crippen LogP contribution in [0.15, 0.2) is 36.5 Å². The van der Waals surface area contributed by atoms with Crippen molar-refractivity contribution in [2.24, 2.45) is 0 Å². The minimum absolute atomic E-state index is 0.104. The Morgan fingerprint density at radius 3 is 2.14 bits per heavy atom. The lowest BCUT2D eigenvalue weighted by Crippen LogP contribution is -1.97.